The van der Waals surface area contributed by atoms with Crippen LogP contribution in [0.2, 0.25) is 0 Å². The lowest BCUT2D eigenvalue weighted by molar-refractivity contribution is -0.0500. The molecule has 2 rings (SSSR count). The zero-order valence-electron chi connectivity index (χ0n) is 10.2. The minimum Gasteiger partial charge on any atom is -0.434 e. The van der Waals surface area contributed by atoms with Gasteiger partial charge in [0.15, 0.2) is 6.29 Å². The average Bonchev–Trinajstić information content (AvgIpc) is 2.47. The van der Waals surface area contributed by atoms with E-state index in [9.17, 15) is 13.6 Å². The largest absolute Gasteiger partial charge is 0.434 e. The zero-order chi connectivity index (χ0) is 14.5. The molecule has 3 nitrogen and oxygen atoms in total. The second kappa shape index (κ2) is 5.93. The number of carbonyl (C=O) groups is 1. The van der Waals surface area contributed by atoms with E-state index in [1.54, 1.807) is 30.3 Å². The second-order valence-electron chi connectivity index (χ2n) is 3.94. The summed E-state index contributed by atoms with van der Waals surface area (Å²) in [5, 5.41) is 8.72. The molecule has 0 saturated heterocycles. The van der Waals surface area contributed by atoms with Gasteiger partial charge in [-0.25, -0.2) is 0 Å². The lowest BCUT2D eigenvalue weighted by atomic mass is 10.0. The standard InChI is InChI=1S/C15H9F2NO2/c16-15(17)20-14-6-5-12(7-13(14)9-19)11-3-1-10(8-18)2-4-11/h1-7,9,15H. The van der Waals surface area contributed by atoms with Crippen LogP contribution < -0.4 is 4.74 Å². The van der Waals surface area contributed by atoms with Crippen molar-refractivity contribution in [1.29, 1.82) is 5.26 Å². The van der Waals surface area contributed by atoms with E-state index in [2.05, 4.69) is 4.74 Å². The van der Waals surface area contributed by atoms with E-state index in [4.69, 9.17) is 5.26 Å². The summed E-state index contributed by atoms with van der Waals surface area (Å²) in [6, 6.07) is 13.1. The summed E-state index contributed by atoms with van der Waals surface area (Å²) in [5.41, 5.74) is 2.02. The Morgan fingerprint density at radius 2 is 1.75 bits per heavy atom. The van der Waals surface area contributed by atoms with Crippen LogP contribution in [0, 0.1) is 11.3 Å². The van der Waals surface area contributed by atoms with Crippen molar-refractivity contribution in [3.63, 3.8) is 0 Å². The first-order chi connectivity index (χ1) is 9.63. The fourth-order valence-corrected chi connectivity index (χ4v) is 1.76. The quantitative estimate of drug-likeness (QED) is 0.799. The third-order valence-corrected chi connectivity index (χ3v) is 2.70. The van der Waals surface area contributed by atoms with Crippen molar-refractivity contribution >= 4 is 6.29 Å². The van der Waals surface area contributed by atoms with Crippen molar-refractivity contribution in [2.45, 2.75) is 6.61 Å². The maximum Gasteiger partial charge on any atom is 0.387 e. The molecule has 0 aliphatic heterocycles. The molecule has 0 aliphatic rings. The van der Waals surface area contributed by atoms with E-state index in [1.807, 2.05) is 6.07 Å². The Kier molecular flexibility index (Phi) is 4.06. The van der Waals surface area contributed by atoms with Gasteiger partial charge in [0.1, 0.15) is 5.75 Å². The van der Waals surface area contributed by atoms with Crippen LogP contribution in [0.15, 0.2) is 42.5 Å². The molecule has 100 valence electrons. The summed E-state index contributed by atoms with van der Waals surface area (Å²) in [4.78, 5) is 10.9. The number of carbonyl (C=O) groups excluding carboxylic acids is 1. The monoisotopic (exact) mass is 273 g/mol. The number of hydrogen-bond acceptors (Lipinski definition) is 3. The minimum absolute atomic E-state index is 0.0483. The normalized spacial score (nSPS) is 10.1. The molecule has 2 aromatic carbocycles. The number of alkyl halides is 2. The number of ether oxygens (including phenoxy) is 1. The Balaban J connectivity index is 2.38. The van der Waals surface area contributed by atoms with E-state index >= 15 is 0 Å². The van der Waals surface area contributed by atoms with E-state index in [0.29, 0.717) is 17.4 Å². The number of benzene rings is 2. The SMILES string of the molecule is N#Cc1ccc(-c2ccc(OC(F)F)c(C=O)c2)cc1. The molecule has 2 aromatic rings. The Bertz CT molecular complexity index is 661. The van der Waals surface area contributed by atoms with Gasteiger partial charge in [-0.1, -0.05) is 18.2 Å². The second-order valence-corrected chi connectivity index (χ2v) is 3.94. The lowest BCUT2D eigenvalue weighted by Gasteiger charge is -2.09. The maximum absolute atomic E-state index is 12.2. The Hall–Kier alpha value is -2.74. The van der Waals surface area contributed by atoms with Gasteiger partial charge < -0.3 is 4.74 Å². The fourth-order valence-electron chi connectivity index (χ4n) is 1.76. The number of nitrogens with zero attached hydrogens (tertiary/aromatic N) is 1. The maximum atomic E-state index is 12.2. The van der Waals surface area contributed by atoms with E-state index in [1.165, 1.54) is 12.1 Å². The summed E-state index contributed by atoms with van der Waals surface area (Å²) >= 11 is 0. The highest BCUT2D eigenvalue weighted by Gasteiger charge is 2.10. The van der Waals surface area contributed by atoms with Crippen molar-refractivity contribution in [3.05, 3.63) is 53.6 Å². The van der Waals surface area contributed by atoms with Crippen molar-refractivity contribution in [2.75, 3.05) is 0 Å². The van der Waals surface area contributed by atoms with Gasteiger partial charge in [0.2, 0.25) is 0 Å². The van der Waals surface area contributed by atoms with Crippen LogP contribution in [0.3, 0.4) is 0 Å². The van der Waals surface area contributed by atoms with E-state index < -0.39 is 6.61 Å². The van der Waals surface area contributed by atoms with Gasteiger partial charge in [-0.2, -0.15) is 14.0 Å². The third kappa shape index (κ3) is 2.98. The predicted octanol–water partition coefficient (Wildman–Crippen LogP) is 3.64. The molecule has 0 atom stereocenters. The third-order valence-electron chi connectivity index (χ3n) is 2.70. The van der Waals surface area contributed by atoms with Crippen LogP contribution in [-0.4, -0.2) is 12.9 Å². The highest BCUT2D eigenvalue weighted by molar-refractivity contribution is 5.83. The molecule has 0 heterocycles. The van der Waals surface area contributed by atoms with Crippen LogP contribution in [-0.2, 0) is 0 Å². The molecule has 5 heteroatoms. The first kappa shape index (κ1) is 13.7. The number of rotatable bonds is 4. The van der Waals surface area contributed by atoms with E-state index in [-0.39, 0.29) is 11.3 Å². The minimum atomic E-state index is -2.98. The molecule has 0 N–H and O–H groups in total. The number of aldehydes is 1. The Morgan fingerprint density at radius 3 is 2.30 bits per heavy atom. The van der Waals surface area contributed by atoms with Crippen LogP contribution in [0.4, 0.5) is 8.78 Å². The average molecular weight is 273 g/mol. The molecular weight excluding hydrogens is 264 g/mol. The topological polar surface area (TPSA) is 50.1 Å². The van der Waals surface area contributed by atoms with Gasteiger partial charge in [0.25, 0.3) is 0 Å². The lowest BCUT2D eigenvalue weighted by Crippen LogP contribution is -2.04. The molecule has 20 heavy (non-hydrogen) atoms. The van der Waals surface area contributed by atoms with Crippen LogP contribution in [0.5, 0.6) is 5.75 Å². The molecule has 0 aliphatic carbocycles. The molecule has 0 radical (unpaired) electrons. The summed E-state index contributed by atoms with van der Waals surface area (Å²) in [6.07, 6.45) is 0.463. The van der Waals surface area contributed by atoms with Crippen molar-refractivity contribution in [1.82, 2.24) is 0 Å². The molecule has 0 unspecified atom stereocenters. The van der Waals surface area contributed by atoms with Crippen LogP contribution >= 0.6 is 0 Å². The van der Waals surface area contributed by atoms with Crippen molar-refractivity contribution < 1.29 is 18.3 Å². The molecule has 0 spiro atoms. The summed E-state index contributed by atoms with van der Waals surface area (Å²) < 4.78 is 28.6. The highest BCUT2D eigenvalue weighted by Crippen LogP contribution is 2.27. The van der Waals surface area contributed by atoms with Crippen LogP contribution in [0.25, 0.3) is 11.1 Å². The molecular formula is C15H9F2NO2. The molecule has 0 amide bonds. The Labute approximate surface area is 114 Å². The first-order valence-electron chi connectivity index (χ1n) is 5.68. The summed E-state index contributed by atoms with van der Waals surface area (Å²) in [7, 11) is 0. The highest BCUT2D eigenvalue weighted by atomic mass is 19.3. The molecule has 0 saturated carbocycles. The first-order valence-corrected chi connectivity index (χ1v) is 5.68. The number of hydrogen-bond donors (Lipinski definition) is 0. The van der Waals surface area contributed by atoms with Crippen molar-refractivity contribution in [2.24, 2.45) is 0 Å². The van der Waals surface area contributed by atoms with Gasteiger partial charge in [0, 0.05) is 0 Å². The molecule has 0 aromatic heterocycles. The van der Waals surface area contributed by atoms with Gasteiger partial charge in [-0.15, -0.1) is 0 Å². The van der Waals surface area contributed by atoms with Crippen LogP contribution in [0.1, 0.15) is 15.9 Å². The number of nitriles is 1. The van der Waals surface area contributed by atoms with Crippen molar-refractivity contribution in [3.8, 4) is 22.9 Å². The Morgan fingerprint density at radius 1 is 1.10 bits per heavy atom. The van der Waals surface area contributed by atoms with Gasteiger partial charge >= 0.3 is 6.61 Å². The van der Waals surface area contributed by atoms with Gasteiger partial charge in [0.05, 0.1) is 17.2 Å². The predicted molar refractivity (Wildman–Crippen MR) is 68.6 cm³/mol. The number of halogens is 2. The summed E-state index contributed by atoms with van der Waals surface area (Å²) in [6.45, 7) is -2.98. The molecule has 0 bridgehead atoms. The summed E-state index contributed by atoms with van der Waals surface area (Å²) in [5.74, 6) is -0.160. The van der Waals surface area contributed by atoms with Gasteiger partial charge in [-0.05, 0) is 35.4 Å². The van der Waals surface area contributed by atoms with E-state index in [0.717, 1.165) is 5.56 Å². The smallest absolute Gasteiger partial charge is 0.387 e. The van der Waals surface area contributed by atoms with Gasteiger partial charge in [-0.3, -0.25) is 4.79 Å². The zero-order valence-corrected chi connectivity index (χ0v) is 10.2. The fraction of sp³-hybridized carbons (Fsp3) is 0.0667. The molecule has 0 fully saturated rings.